The van der Waals surface area contributed by atoms with Gasteiger partial charge in [-0.25, -0.2) is 4.98 Å². The molecule has 1 aliphatic heterocycles. The molecule has 1 saturated heterocycles. The summed E-state index contributed by atoms with van der Waals surface area (Å²) in [7, 11) is 0. The monoisotopic (exact) mass is 440 g/mol. The van der Waals surface area contributed by atoms with Crippen molar-refractivity contribution >= 4 is 23.6 Å². The van der Waals surface area contributed by atoms with Crippen LogP contribution in [-0.2, 0) is 19.1 Å². The molecule has 5 aliphatic rings. The molecular weight excluding hydrogens is 408 g/mol. The molecule has 172 valence electrons. The van der Waals surface area contributed by atoms with Crippen molar-refractivity contribution in [2.24, 2.45) is 23.2 Å². The lowest BCUT2D eigenvalue weighted by molar-refractivity contribution is -0.154. The van der Waals surface area contributed by atoms with Gasteiger partial charge in [0.2, 0.25) is 5.91 Å². The van der Waals surface area contributed by atoms with Crippen molar-refractivity contribution in [2.45, 2.75) is 38.5 Å². The summed E-state index contributed by atoms with van der Waals surface area (Å²) in [6.07, 6.45) is 8.45. The summed E-state index contributed by atoms with van der Waals surface area (Å²) in [5.74, 6) is 2.18. The topological polar surface area (TPSA) is 91.8 Å². The van der Waals surface area contributed by atoms with Gasteiger partial charge in [0.15, 0.2) is 6.61 Å². The molecule has 4 bridgehead atoms. The molecule has 1 N–H and O–H groups in total. The van der Waals surface area contributed by atoms with Crippen LogP contribution in [0.15, 0.2) is 24.4 Å². The Hall–Kier alpha value is -2.64. The molecule has 2 amide bonds. The van der Waals surface area contributed by atoms with E-state index in [2.05, 4.69) is 15.2 Å². The van der Waals surface area contributed by atoms with E-state index >= 15 is 0 Å². The van der Waals surface area contributed by atoms with Crippen molar-refractivity contribution in [3.05, 3.63) is 24.4 Å². The lowest BCUT2D eigenvalue weighted by Gasteiger charge is -2.55. The Morgan fingerprint density at radius 2 is 1.66 bits per heavy atom. The van der Waals surface area contributed by atoms with E-state index in [-0.39, 0.29) is 30.4 Å². The lowest BCUT2D eigenvalue weighted by Crippen LogP contribution is -2.54. The van der Waals surface area contributed by atoms with Crippen LogP contribution in [-0.4, -0.2) is 67.0 Å². The zero-order valence-electron chi connectivity index (χ0n) is 18.5. The van der Waals surface area contributed by atoms with Gasteiger partial charge >= 0.3 is 5.97 Å². The number of aromatic nitrogens is 1. The molecule has 1 aromatic rings. The molecule has 0 aromatic carbocycles. The van der Waals surface area contributed by atoms with Gasteiger partial charge in [-0.15, -0.1) is 0 Å². The largest absolute Gasteiger partial charge is 0.454 e. The standard InChI is InChI=1S/C24H32N4O4/c29-21(28-7-5-27(6-8-28)20-3-1-2-4-25-20)16-32-22(30)15-26-23(31)24-12-17-9-18(13-24)11-19(10-17)14-24/h1-4,17-19H,5-16H2,(H,26,31). The molecule has 4 saturated carbocycles. The second-order valence-electron chi connectivity index (χ2n) is 10.1. The molecule has 5 fully saturated rings. The van der Waals surface area contributed by atoms with Crippen molar-refractivity contribution in [3.8, 4) is 0 Å². The molecule has 8 heteroatoms. The first kappa shape index (κ1) is 21.2. The van der Waals surface area contributed by atoms with E-state index in [0.29, 0.717) is 43.9 Å². The van der Waals surface area contributed by atoms with Gasteiger partial charge in [-0.1, -0.05) is 6.07 Å². The van der Waals surface area contributed by atoms with E-state index in [1.54, 1.807) is 11.1 Å². The fourth-order valence-corrected chi connectivity index (χ4v) is 6.74. The van der Waals surface area contributed by atoms with E-state index in [1.807, 2.05) is 18.2 Å². The smallest absolute Gasteiger partial charge is 0.325 e. The quantitative estimate of drug-likeness (QED) is 0.676. The summed E-state index contributed by atoms with van der Waals surface area (Å²) >= 11 is 0. The molecule has 6 rings (SSSR count). The number of ether oxygens (including phenoxy) is 1. The van der Waals surface area contributed by atoms with Crippen molar-refractivity contribution in [3.63, 3.8) is 0 Å². The minimum absolute atomic E-state index is 0.00511. The van der Waals surface area contributed by atoms with Crippen molar-refractivity contribution in [1.82, 2.24) is 15.2 Å². The third kappa shape index (κ3) is 4.32. The Kier molecular flexibility index (Phi) is 5.78. The summed E-state index contributed by atoms with van der Waals surface area (Å²) in [4.78, 5) is 45.7. The highest BCUT2D eigenvalue weighted by Gasteiger charge is 2.54. The van der Waals surface area contributed by atoms with Crippen LogP contribution in [0, 0.1) is 23.2 Å². The molecular formula is C24H32N4O4. The van der Waals surface area contributed by atoms with E-state index in [4.69, 9.17) is 4.74 Å². The van der Waals surface area contributed by atoms with Crippen LogP contribution in [0.4, 0.5) is 5.82 Å². The Morgan fingerprint density at radius 3 is 2.25 bits per heavy atom. The number of esters is 1. The van der Waals surface area contributed by atoms with Crippen LogP contribution in [0.5, 0.6) is 0 Å². The molecule has 0 atom stereocenters. The number of nitrogens with one attached hydrogen (secondary N) is 1. The summed E-state index contributed by atoms with van der Waals surface area (Å²) in [5.41, 5.74) is -0.280. The first-order valence-corrected chi connectivity index (χ1v) is 11.9. The van der Waals surface area contributed by atoms with E-state index < -0.39 is 5.97 Å². The highest BCUT2D eigenvalue weighted by Crippen LogP contribution is 2.60. The maximum absolute atomic E-state index is 12.9. The van der Waals surface area contributed by atoms with Gasteiger partial charge in [0.25, 0.3) is 5.91 Å². The number of nitrogens with zero attached hydrogens (tertiary/aromatic N) is 3. The SMILES string of the molecule is O=C(CNC(=O)C12CC3CC(CC(C3)C1)C2)OCC(=O)N1CCN(c2ccccn2)CC1. The highest BCUT2D eigenvalue weighted by atomic mass is 16.5. The number of hydrogen-bond acceptors (Lipinski definition) is 6. The average Bonchev–Trinajstić information content (AvgIpc) is 2.80. The van der Waals surface area contributed by atoms with Crippen molar-refractivity contribution in [2.75, 3.05) is 44.2 Å². The van der Waals surface area contributed by atoms with Gasteiger partial charge in [0.05, 0.1) is 0 Å². The Labute approximate surface area is 188 Å². The first-order chi connectivity index (χ1) is 15.5. The number of pyridine rings is 1. The van der Waals surface area contributed by atoms with E-state index in [1.165, 1.54) is 19.3 Å². The fraction of sp³-hybridized carbons (Fsp3) is 0.667. The number of carbonyl (C=O) groups is 3. The minimum Gasteiger partial charge on any atom is -0.454 e. The highest BCUT2D eigenvalue weighted by molar-refractivity contribution is 5.87. The molecule has 4 aliphatic carbocycles. The van der Waals surface area contributed by atoms with Gasteiger partial charge < -0.3 is 19.9 Å². The second kappa shape index (κ2) is 8.71. The lowest BCUT2D eigenvalue weighted by atomic mass is 9.49. The number of amides is 2. The predicted molar refractivity (Wildman–Crippen MR) is 118 cm³/mol. The fourth-order valence-electron chi connectivity index (χ4n) is 6.74. The van der Waals surface area contributed by atoms with Crippen molar-refractivity contribution in [1.29, 1.82) is 0 Å². The van der Waals surface area contributed by atoms with Gasteiger partial charge in [-0.2, -0.15) is 0 Å². The number of anilines is 1. The second-order valence-corrected chi connectivity index (χ2v) is 10.1. The summed E-state index contributed by atoms with van der Waals surface area (Å²) in [6.45, 7) is 2.07. The predicted octanol–water partition coefficient (Wildman–Crippen LogP) is 1.61. The summed E-state index contributed by atoms with van der Waals surface area (Å²) in [5, 5.41) is 2.81. The third-order valence-corrected chi connectivity index (χ3v) is 7.88. The van der Waals surface area contributed by atoms with E-state index in [9.17, 15) is 14.4 Å². The maximum Gasteiger partial charge on any atom is 0.325 e. The Morgan fingerprint density at radius 1 is 1.00 bits per heavy atom. The molecule has 0 spiro atoms. The van der Waals surface area contributed by atoms with Gasteiger partial charge in [0, 0.05) is 37.8 Å². The molecule has 32 heavy (non-hydrogen) atoms. The summed E-state index contributed by atoms with van der Waals surface area (Å²) in [6, 6.07) is 5.78. The third-order valence-electron chi connectivity index (χ3n) is 7.88. The average molecular weight is 441 g/mol. The van der Waals surface area contributed by atoms with Gasteiger partial charge in [0.1, 0.15) is 12.4 Å². The molecule has 0 radical (unpaired) electrons. The van der Waals surface area contributed by atoms with Crippen LogP contribution in [0.2, 0.25) is 0 Å². The Balaban J connectivity index is 1.03. The molecule has 0 unspecified atom stereocenters. The maximum atomic E-state index is 12.9. The van der Waals surface area contributed by atoms with Crippen LogP contribution < -0.4 is 10.2 Å². The van der Waals surface area contributed by atoms with Crippen molar-refractivity contribution < 1.29 is 19.1 Å². The Bertz CT molecular complexity index is 831. The van der Waals surface area contributed by atoms with Crippen LogP contribution in [0.25, 0.3) is 0 Å². The van der Waals surface area contributed by atoms with Crippen LogP contribution >= 0.6 is 0 Å². The molecule has 8 nitrogen and oxygen atoms in total. The van der Waals surface area contributed by atoms with Crippen LogP contribution in [0.3, 0.4) is 0 Å². The van der Waals surface area contributed by atoms with E-state index in [0.717, 1.165) is 25.1 Å². The number of hydrogen-bond donors (Lipinski definition) is 1. The molecule has 1 aromatic heterocycles. The van der Waals surface area contributed by atoms with Gasteiger partial charge in [-0.3, -0.25) is 14.4 Å². The number of rotatable bonds is 6. The minimum atomic E-state index is -0.552. The molecule has 2 heterocycles. The van der Waals surface area contributed by atoms with Crippen LogP contribution in [0.1, 0.15) is 38.5 Å². The number of piperazine rings is 1. The zero-order chi connectivity index (χ0) is 22.1. The first-order valence-electron chi connectivity index (χ1n) is 11.9. The normalized spacial score (nSPS) is 30.8. The van der Waals surface area contributed by atoms with Gasteiger partial charge in [-0.05, 0) is 68.4 Å². The number of carbonyl (C=O) groups excluding carboxylic acids is 3. The summed E-state index contributed by atoms with van der Waals surface area (Å²) < 4.78 is 5.17. The zero-order valence-corrected chi connectivity index (χ0v) is 18.5.